The fraction of sp³-hybridized carbons (Fsp3) is 0.533. The highest BCUT2D eigenvalue weighted by molar-refractivity contribution is 5.67. The number of carbonyl (C=O) groups is 1. The standard InChI is InChI=1S/C15H20N2O2/c18-15(19-11-13-4-2-1-3-5-13)16-14-9-17(10-14)8-12-6-7-12/h1-5,12,14H,6-11H2,(H,16,18). The second-order valence-electron chi connectivity index (χ2n) is 5.56. The Morgan fingerprint density at radius 2 is 2.00 bits per heavy atom. The van der Waals surface area contributed by atoms with Crippen molar-refractivity contribution in [2.45, 2.75) is 25.5 Å². The predicted octanol–water partition coefficient (Wildman–Crippen LogP) is 2.01. The molecule has 19 heavy (non-hydrogen) atoms. The second kappa shape index (κ2) is 5.61. The number of likely N-dealkylation sites (tertiary alicyclic amines) is 1. The van der Waals surface area contributed by atoms with Crippen LogP contribution in [0, 0.1) is 5.92 Å². The van der Waals surface area contributed by atoms with E-state index in [9.17, 15) is 4.79 Å². The van der Waals surface area contributed by atoms with Crippen molar-refractivity contribution < 1.29 is 9.53 Å². The molecule has 3 rings (SSSR count). The third kappa shape index (κ3) is 3.70. The van der Waals surface area contributed by atoms with Gasteiger partial charge in [-0.25, -0.2) is 4.79 Å². The number of nitrogens with zero attached hydrogens (tertiary/aromatic N) is 1. The summed E-state index contributed by atoms with van der Waals surface area (Å²) in [6.45, 7) is 3.48. The van der Waals surface area contributed by atoms with E-state index in [-0.39, 0.29) is 12.1 Å². The quantitative estimate of drug-likeness (QED) is 0.880. The summed E-state index contributed by atoms with van der Waals surface area (Å²) in [5.74, 6) is 0.922. The zero-order chi connectivity index (χ0) is 13.1. The summed E-state index contributed by atoms with van der Waals surface area (Å²) in [4.78, 5) is 14.0. The first-order valence-corrected chi connectivity index (χ1v) is 6.99. The van der Waals surface area contributed by atoms with Crippen molar-refractivity contribution in [3.63, 3.8) is 0 Å². The van der Waals surface area contributed by atoms with Gasteiger partial charge in [-0.3, -0.25) is 4.90 Å². The summed E-state index contributed by atoms with van der Waals surface area (Å²) in [5, 5.41) is 2.91. The molecule has 0 spiro atoms. The molecule has 1 saturated carbocycles. The van der Waals surface area contributed by atoms with E-state index >= 15 is 0 Å². The lowest BCUT2D eigenvalue weighted by atomic mass is 10.1. The number of rotatable bonds is 5. The molecule has 1 aliphatic carbocycles. The zero-order valence-corrected chi connectivity index (χ0v) is 11.0. The van der Waals surface area contributed by atoms with Crippen molar-refractivity contribution in [3.05, 3.63) is 35.9 Å². The van der Waals surface area contributed by atoms with Crippen molar-refractivity contribution in [1.82, 2.24) is 10.2 Å². The van der Waals surface area contributed by atoms with E-state index in [2.05, 4.69) is 10.2 Å². The first-order valence-electron chi connectivity index (χ1n) is 6.99. The lowest BCUT2D eigenvalue weighted by Crippen LogP contribution is -2.59. The highest BCUT2D eigenvalue weighted by Gasteiger charge is 2.33. The molecule has 0 bridgehead atoms. The van der Waals surface area contributed by atoms with Crippen LogP contribution in [0.4, 0.5) is 4.79 Å². The Bertz CT molecular complexity index is 425. The maximum absolute atomic E-state index is 11.6. The van der Waals surface area contributed by atoms with Crippen LogP contribution in [-0.4, -0.2) is 36.7 Å². The number of carbonyl (C=O) groups excluding carboxylic acids is 1. The third-order valence-electron chi connectivity index (χ3n) is 3.71. The lowest BCUT2D eigenvalue weighted by molar-refractivity contribution is 0.0951. The monoisotopic (exact) mass is 260 g/mol. The molecular formula is C15H20N2O2. The first-order chi connectivity index (χ1) is 9.29. The molecule has 102 valence electrons. The summed E-state index contributed by atoms with van der Waals surface area (Å²) >= 11 is 0. The van der Waals surface area contributed by atoms with Gasteiger partial charge in [-0.15, -0.1) is 0 Å². The average molecular weight is 260 g/mol. The first kappa shape index (κ1) is 12.5. The smallest absolute Gasteiger partial charge is 0.407 e. The van der Waals surface area contributed by atoms with Crippen molar-refractivity contribution >= 4 is 6.09 Å². The van der Waals surface area contributed by atoms with Crippen LogP contribution in [-0.2, 0) is 11.3 Å². The minimum atomic E-state index is -0.306. The molecule has 1 aliphatic heterocycles. The molecule has 4 heteroatoms. The Morgan fingerprint density at radius 1 is 1.26 bits per heavy atom. The number of amides is 1. The van der Waals surface area contributed by atoms with Crippen LogP contribution in [0.15, 0.2) is 30.3 Å². The minimum Gasteiger partial charge on any atom is -0.445 e. The SMILES string of the molecule is O=C(NC1CN(CC2CC2)C1)OCc1ccccc1. The molecule has 1 amide bonds. The van der Waals surface area contributed by atoms with Gasteiger partial charge in [0, 0.05) is 19.6 Å². The molecule has 1 aromatic rings. The minimum absolute atomic E-state index is 0.266. The van der Waals surface area contributed by atoms with Gasteiger partial charge < -0.3 is 10.1 Å². The summed E-state index contributed by atoms with van der Waals surface area (Å²) in [7, 11) is 0. The largest absolute Gasteiger partial charge is 0.445 e. The molecule has 2 fully saturated rings. The van der Waals surface area contributed by atoms with Gasteiger partial charge in [-0.2, -0.15) is 0 Å². The van der Waals surface area contributed by atoms with Gasteiger partial charge in [0.15, 0.2) is 0 Å². The highest BCUT2D eigenvalue weighted by atomic mass is 16.5. The van der Waals surface area contributed by atoms with Crippen molar-refractivity contribution in [2.75, 3.05) is 19.6 Å². The molecule has 4 nitrogen and oxygen atoms in total. The van der Waals surface area contributed by atoms with E-state index in [1.54, 1.807) is 0 Å². The fourth-order valence-electron chi connectivity index (χ4n) is 2.41. The summed E-state index contributed by atoms with van der Waals surface area (Å²) in [6.07, 6.45) is 2.46. The van der Waals surface area contributed by atoms with Crippen molar-refractivity contribution in [1.29, 1.82) is 0 Å². The zero-order valence-electron chi connectivity index (χ0n) is 11.0. The number of hydrogen-bond acceptors (Lipinski definition) is 3. The Balaban J connectivity index is 1.31. The molecule has 1 heterocycles. The van der Waals surface area contributed by atoms with Gasteiger partial charge in [-0.05, 0) is 24.3 Å². The van der Waals surface area contributed by atoms with Crippen LogP contribution < -0.4 is 5.32 Å². The van der Waals surface area contributed by atoms with E-state index in [1.165, 1.54) is 19.4 Å². The van der Waals surface area contributed by atoms with Crippen LogP contribution >= 0.6 is 0 Å². The maximum Gasteiger partial charge on any atom is 0.407 e. The second-order valence-corrected chi connectivity index (χ2v) is 5.56. The van der Waals surface area contributed by atoms with Crippen molar-refractivity contribution in [2.24, 2.45) is 5.92 Å². The van der Waals surface area contributed by atoms with E-state index < -0.39 is 0 Å². The van der Waals surface area contributed by atoms with Gasteiger partial charge in [0.2, 0.25) is 0 Å². The third-order valence-corrected chi connectivity index (χ3v) is 3.71. The van der Waals surface area contributed by atoms with Crippen molar-refractivity contribution in [3.8, 4) is 0 Å². The van der Waals surface area contributed by atoms with Gasteiger partial charge in [0.1, 0.15) is 6.61 Å². The maximum atomic E-state index is 11.6. The van der Waals surface area contributed by atoms with Gasteiger partial charge in [0.05, 0.1) is 6.04 Å². The van der Waals surface area contributed by atoms with Gasteiger partial charge >= 0.3 is 6.09 Å². The average Bonchev–Trinajstić information content (AvgIpc) is 3.19. The van der Waals surface area contributed by atoms with Gasteiger partial charge in [0.25, 0.3) is 0 Å². The van der Waals surface area contributed by atoms with Crippen LogP contribution in [0.5, 0.6) is 0 Å². The molecule has 0 radical (unpaired) electrons. The molecule has 0 atom stereocenters. The van der Waals surface area contributed by atoms with Crippen LogP contribution in [0.25, 0.3) is 0 Å². The van der Waals surface area contributed by atoms with Crippen LogP contribution in [0.3, 0.4) is 0 Å². The molecule has 0 unspecified atom stereocenters. The molecule has 1 aromatic carbocycles. The van der Waals surface area contributed by atoms with E-state index in [1.807, 2.05) is 30.3 Å². The van der Waals surface area contributed by atoms with Gasteiger partial charge in [-0.1, -0.05) is 30.3 Å². The predicted molar refractivity (Wildman–Crippen MR) is 72.7 cm³/mol. The topological polar surface area (TPSA) is 41.6 Å². The Kier molecular flexibility index (Phi) is 3.69. The molecule has 1 N–H and O–H groups in total. The lowest BCUT2D eigenvalue weighted by Gasteiger charge is -2.39. The number of ether oxygens (including phenoxy) is 1. The Morgan fingerprint density at radius 3 is 2.68 bits per heavy atom. The van der Waals surface area contributed by atoms with E-state index in [0.717, 1.165) is 24.6 Å². The number of nitrogens with one attached hydrogen (secondary N) is 1. The Labute approximate surface area is 113 Å². The summed E-state index contributed by atoms with van der Waals surface area (Å²) in [6, 6.07) is 10.0. The van der Waals surface area contributed by atoms with E-state index in [4.69, 9.17) is 4.74 Å². The molecular weight excluding hydrogens is 240 g/mol. The number of alkyl carbamates (subject to hydrolysis) is 1. The summed E-state index contributed by atoms with van der Waals surface area (Å²) < 4.78 is 5.19. The van der Waals surface area contributed by atoms with Crippen LogP contribution in [0.1, 0.15) is 18.4 Å². The number of benzene rings is 1. The molecule has 1 saturated heterocycles. The summed E-state index contributed by atoms with van der Waals surface area (Å²) in [5.41, 5.74) is 1.02. The number of hydrogen-bond donors (Lipinski definition) is 1. The molecule has 0 aromatic heterocycles. The van der Waals surface area contributed by atoms with Crippen LogP contribution in [0.2, 0.25) is 0 Å². The highest BCUT2D eigenvalue weighted by Crippen LogP contribution is 2.30. The van der Waals surface area contributed by atoms with E-state index in [0.29, 0.717) is 6.61 Å². The molecule has 2 aliphatic rings. The normalized spacial score (nSPS) is 19.8. The fourth-order valence-corrected chi connectivity index (χ4v) is 2.41. The Hall–Kier alpha value is -1.55.